The Labute approximate surface area is 80.9 Å². The molecule has 0 saturated carbocycles. The van der Waals surface area contributed by atoms with E-state index < -0.39 is 10.0 Å². The van der Waals surface area contributed by atoms with Gasteiger partial charge in [-0.1, -0.05) is 13.8 Å². The van der Waals surface area contributed by atoms with Crippen LogP contribution in [0.5, 0.6) is 0 Å². The highest BCUT2D eigenvalue weighted by molar-refractivity contribution is 7.89. The van der Waals surface area contributed by atoms with E-state index in [1.807, 2.05) is 0 Å². The summed E-state index contributed by atoms with van der Waals surface area (Å²) in [4.78, 5) is 0. The van der Waals surface area contributed by atoms with Crippen LogP contribution < -0.4 is 10.5 Å². The summed E-state index contributed by atoms with van der Waals surface area (Å²) < 4.78 is 21.0. The molecular weight excluding hydrogens is 188 g/mol. The molecule has 0 aliphatic heterocycles. The van der Waals surface area contributed by atoms with E-state index in [4.69, 9.17) is 5.14 Å². The normalized spacial score (nSPS) is 12.3. The molecule has 3 N–H and O–H groups in total. The van der Waals surface area contributed by atoms with Gasteiger partial charge in [0.2, 0.25) is 10.0 Å². The molecule has 0 fully saturated rings. The Hall–Kier alpha value is -0.130. The first-order chi connectivity index (χ1) is 5.92. The minimum atomic E-state index is -3.27. The lowest BCUT2D eigenvalue weighted by Gasteiger charge is -2.05. The minimum absolute atomic E-state index is 0.0711. The fraction of sp³-hybridized carbons (Fsp3) is 1.00. The molecule has 13 heavy (non-hydrogen) atoms. The molecule has 0 saturated heterocycles. The molecule has 4 nitrogen and oxygen atoms in total. The molecule has 0 bridgehead atoms. The van der Waals surface area contributed by atoms with Crippen molar-refractivity contribution in [2.75, 3.05) is 18.8 Å². The van der Waals surface area contributed by atoms with Crippen LogP contribution in [0, 0.1) is 5.92 Å². The molecule has 0 heterocycles. The van der Waals surface area contributed by atoms with Crippen molar-refractivity contribution in [3.63, 3.8) is 0 Å². The van der Waals surface area contributed by atoms with Gasteiger partial charge < -0.3 is 5.32 Å². The number of primary sulfonamides is 1. The highest BCUT2D eigenvalue weighted by Gasteiger charge is 2.00. The van der Waals surface area contributed by atoms with E-state index in [1.165, 1.54) is 0 Å². The Bertz CT molecular complexity index is 212. The number of sulfonamides is 1. The Morgan fingerprint density at radius 2 is 1.92 bits per heavy atom. The van der Waals surface area contributed by atoms with Gasteiger partial charge in [0.1, 0.15) is 0 Å². The predicted molar refractivity (Wildman–Crippen MR) is 54.9 cm³/mol. The molecule has 0 spiro atoms. The number of nitrogens with two attached hydrogens (primary N) is 1. The molecule has 0 rings (SSSR count). The van der Waals surface area contributed by atoms with Crippen LogP contribution in [0.3, 0.4) is 0 Å². The van der Waals surface area contributed by atoms with E-state index in [-0.39, 0.29) is 5.75 Å². The Kier molecular flexibility index (Phi) is 6.28. The summed E-state index contributed by atoms with van der Waals surface area (Å²) >= 11 is 0. The average Bonchev–Trinajstić information content (AvgIpc) is 1.93. The largest absolute Gasteiger partial charge is 0.317 e. The van der Waals surface area contributed by atoms with Gasteiger partial charge in [0.25, 0.3) is 0 Å². The summed E-state index contributed by atoms with van der Waals surface area (Å²) in [6.45, 7) is 5.99. The van der Waals surface area contributed by atoms with Crippen LogP contribution in [-0.2, 0) is 10.0 Å². The number of rotatable bonds is 7. The molecule has 0 amide bonds. The van der Waals surface area contributed by atoms with Gasteiger partial charge in [-0.2, -0.15) is 0 Å². The quantitative estimate of drug-likeness (QED) is 0.591. The van der Waals surface area contributed by atoms with Crippen molar-refractivity contribution in [3.8, 4) is 0 Å². The van der Waals surface area contributed by atoms with E-state index in [2.05, 4.69) is 19.2 Å². The standard InChI is InChI=1S/C8H20N2O2S/c1-8(2)4-6-10-5-3-7-13(9,11)12/h8,10H,3-7H2,1-2H3,(H2,9,11,12). The van der Waals surface area contributed by atoms with Crippen LogP contribution in [0.15, 0.2) is 0 Å². The Morgan fingerprint density at radius 1 is 1.31 bits per heavy atom. The SMILES string of the molecule is CC(C)CCNCCCS(N)(=O)=O. The summed E-state index contributed by atoms with van der Waals surface area (Å²) in [7, 11) is -3.27. The van der Waals surface area contributed by atoms with Crippen LogP contribution in [0.4, 0.5) is 0 Å². The number of hydrogen-bond acceptors (Lipinski definition) is 3. The molecule has 0 radical (unpaired) electrons. The lowest BCUT2D eigenvalue weighted by molar-refractivity contribution is 0.535. The summed E-state index contributed by atoms with van der Waals surface area (Å²) in [6, 6.07) is 0. The summed E-state index contributed by atoms with van der Waals surface area (Å²) in [5.41, 5.74) is 0. The monoisotopic (exact) mass is 208 g/mol. The van der Waals surface area contributed by atoms with Crippen molar-refractivity contribution in [3.05, 3.63) is 0 Å². The molecular formula is C8H20N2O2S. The summed E-state index contributed by atoms with van der Waals surface area (Å²) in [5.74, 6) is 0.757. The molecule has 0 aliphatic rings. The zero-order chi connectivity index (χ0) is 10.3. The molecule has 0 aliphatic carbocycles. The maximum atomic E-state index is 10.5. The van der Waals surface area contributed by atoms with Crippen molar-refractivity contribution in [2.45, 2.75) is 26.7 Å². The van der Waals surface area contributed by atoms with Gasteiger partial charge in [-0.25, -0.2) is 13.6 Å². The van der Waals surface area contributed by atoms with Crippen molar-refractivity contribution in [1.29, 1.82) is 0 Å². The molecule has 0 atom stereocenters. The van der Waals surface area contributed by atoms with Crippen molar-refractivity contribution >= 4 is 10.0 Å². The van der Waals surface area contributed by atoms with Crippen LogP contribution in [0.1, 0.15) is 26.7 Å². The molecule has 5 heteroatoms. The smallest absolute Gasteiger partial charge is 0.209 e. The highest BCUT2D eigenvalue weighted by atomic mass is 32.2. The fourth-order valence-corrected chi connectivity index (χ4v) is 1.46. The molecule has 0 unspecified atom stereocenters. The van der Waals surface area contributed by atoms with Crippen molar-refractivity contribution in [1.82, 2.24) is 5.32 Å². The molecule has 0 aromatic heterocycles. The summed E-state index contributed by atoms with van der Waals surface area (Å²) in [5, 5.41) is 8.01. The third-order valence-corrected chi connectivity index (χ3v) is 2.54. The van der Waals surface area contributed by atoms with E-state index in [0.717, 1.165) is 19.5 Å². The van der Waals surface area contributed by atoms with Gasteiger partial charge in [-0.3, -0.25) is 0 Å². The van der Waals surface area contributed by atoms with Crippen molar-refractivity contribution in [2.24, 2.45) is 11.1 Å². The average molecular weight is 208 g/mol. The summed E-state index contributed by atoms with van der Waals surface area (Å²) in [6.07, 6.45) is 1.71. The maximum absolute atomic E-state index is 10.5. The maximum Gasteiger partial charge on any atom is 0.209 e. The lowest BCUT2D eigenvalue weighted by atomic mass is 10.1. The molecule has 80 valence electrons. The predicted octanol–water partition coefficient (Wildman–Crippen LogP) is 0.301. The number of nitrogens with one attached hydrogen (secondary N) is 1. The Morgan fingerprint density at radius 3 is 2.38 bits per heavy atom. The minimum Gasteiger partial charge on any atom is -0.317 e. The van der Waals surface area contributed by atoms with Crippen molar-refractivity contribution < 1.29 is 8.42 Å². The van der Waals surface area contributed by atoms with Crippen LogP contribution in [0.25, 0.3) is 0 Å². The lowest BCUT2D eigenvalue weighted by Crippen LogP contribution is -2.23. The first-order valence-corrected chi connectivity index (χ1v) is 6.34. The van der Waals surface area contributed by atoms with Gasteiger partial charge in [-0.15, -0.1) is 0 Å². The first kappa shape index (κ1) is 12.9. The zero-order valence-electron chi connectivity index (χ0n) is 8.41. The third kappa shape index (κ3) is 11.9. The highest BCUT2D eigenvalue weighted by Crippen LogP contribution is 1.96. The van der Waals surface area contributed by atoms with Gasteiger partial charge in [0.05, 0.1) is 5.75 Å². The van der Waals surface area contributed by atoms with Gasteiger partial charge in [0.15, 0.2) is 0 Å². The van der Waals surface area contributed by atoms with Gasteiger partial charge in [-0.05, 0) is 31.8 Å². The molecule has 0 aromatic rings. The fourth-order valence-electron chi connectivity index (χ4n) is 0.914. The zero-order valence-corrected chi connectivity index (χ0v) is 9.23. The van der Waals surface area contributed by atoms with E-state index >= 15 is 0 Å². The van der Waals surface area contributed by atoms with E-state index in [0.29, 0.717) is 12.3 Å². The second-order valence-corrected chi connectivity index (χ2v) is 5.39. The topological polar surface area (TPSA) is 72.2 Å². The van der Waals surface area contributed by atoms with E-state index in [9.17, 15) is 8.42 Å². The van der Waals surface area contributed by atoms with Gasteiger partial charge >= 0.3 is 0 Å². The second kappa shape index (κ2) is 6.34. The molecule has 0 aromatic carbocycles. The van der Waals surface area contributed by atoms with E-state index in [1.54, 1.807) is 0 Å². The van der Waals surface area contributed by atoms with Crippen LogP contribution in [-0.4, -0.2) is 27.3 Å². The van der Waals surface area contributed by atoms with Crippen LogP contribution in [0.2, 0.25) is 0 Å². The van der Waals surface area contributed by atoms with Crippen LogP contribution >= 0.6 is 0 Å². The Balaban J connectivity index is 3.18. The second-order valence-electron chi connectivity index (χ2n) is 3.65. The third-order valence-electron chi connectivity index (χ3n) is 1.68. The first-order valence-electron chi connectivity index (χ1n) is 4.63. The number of hydrogen-bond donors (Lipinski definition) is 2. The van der Waals surface area contributed by atoms with Gasteiger partial charge in [0, 0.05) is 0 Å².